The van der Waals surface area contributed by atoms with Crippen molar-refractivity contribution >= 4 is 40.1 Å². The molecule has 1 aliphatic heterocycles. The summed E-state index contributed by atoms with van der Waals surface area (Å²) in [6, 6.07) is 13.3. The van der Waals surface area contributed by atoms with Crippen LogP contribution < -0.4 is 10.6 Å². The summed E-state index contributed by atoms with van der Waals surface area (Å²) in [5.74, 6) is -1.69. The number of nitrogens with one attached hydrogen (secondary N) is 2. The van der Waals surface area contributed by atoms with Crippen LogP contribution in [0.15, 0.2) is 53.9 Å². The Bertz CT molecular complexity index is 1250. The summed E-state index contributed by atoms with van der Waals surface area (Å²) < 4.78 is 0. The molecule has 0 radical (unpaired) electrons. The molecule has 1 aromatic heterocycles. The maximum absolute atomic E-state index is 13.3. The van der Waals surface area contributed by atoms with Gasteiger partial charge in [0, 0.05) is 24.4 Å². The first-order valence-electron chi connectivity index (χ1n) is 11.4. The Labute approximate surface area is 207 Å². The van der Waals surface area contributed by atoms with Crippen LogP contribution in [0, 0.1) is 5.92 Å². The molecule has 1 aliphatic rings. The van der Waals surface area contributed by atoms with Crippen LogP contribution in [0.25, 0.3) is 11.3 Å². The minimum absolute atomic E-state index is 0.0918. The first-order chi connectivity index (χ1) is 16.8. The molecular formula is C26H26N4O4S. The molecule has 0 aliphatic carbocycles. The summed E-state index contributed by atoms with van der Waals surface area (Å²) >= 11 is 1.27. The van der Waals surface area contributed by atoms with Crippen LogP contribution in [0.4, 0.5) is 5.13 Å². The van der Waals surface area contributed by atoms with Crippen molar-refractivity contribution in [1.82, 2.24) is 15.2 Å². The fraction of sp³-hybridized carbons (Fsp3) is 0.269. The number of rotatable bonds is 8. The van der Waals surface area contributed by atoms with Gasteiger partial charge in [-0.05, 0) is 23.6 Å². The molecule has 0 saturated heterocycles. The lowest BCUT2D eigenvalue weighted by molar-refractivity contribution is -0.121. The number of carbonyl (C=O) groups excluding carboxylic acids is 4. The molecule has 2 heterocycles. The highest BCUT2D eigenvalue weighted by molar-refractivity contribution is 7.14. The van der Waals surface area contributed by atoms with E-state index >= 15 is 0 Å². The fourth-order valence-corrected chi connectivity index (χ4v) is 4.70. The zero-order valence-electron chi connectivity index (χ0n) is 19.7. The van der Waals surface area contributed by atoms with Gasteiger partial charge in [0.05, 0.1) is 16.8 Å². The maximum Gasteiger partial charge on any atom is 0.262 e. The summed E-state index contributed by atoms with van der Waals surface area (Å²) in [6.45, 7) is 5.69. The predicted molar refractivity (Wildman–Crippen MR) is 134 cm³/mol. The van der Waals surface area contributed by atoms with E-state index in [0.717, 1.165) is 16.0 Å². The van der Waals surface area contributed by atoms with E-state index in [1.807, 2.05) is 43.5 Å². The normalized spacial score (nSPS) is 14.4. The molecule has 4 amide bonds. The maximum atomic E-state index is 13.3. The van der Waals surface area contributed by atoms with Crippen LogP contribution in [-0.4, -0.2) is 39.6 Å². The monoisotopic (exact) mass is 490 g/mol. The number of carbonyl (C=O) groups is 4. The average Bonchev–Trinajstić information content (AvgIpc) is 3.42. The van der Waals surface area contributed by atoms with E-state index in [1.165, 1.54) is 18.3 Å². The number of hydrogen-bond acceptors (Lipinski definition) is 6. The third kappa shape index (κ3) is 5.00. The lowest BCUT2D eigenvalue weighted by Gasteiger charge is -2.29. The van der Waals surface area contributed by atoms with E-state index in [1.54, 1.807) is 24.3 Å². The largest absolute Gasteiger partial charge is 0.352 e. The molecule has 180 valence electrons. The Kier molecular flexibility index (Phi) is 7.07. The van der Waals surface area contributed by atoms with Crippen molar-refractivity contribution in [3.05, 3.63) is 70.6 Å². The molecule has 0 spiro atoms. The summed E-state index contributed by atoms with van der Waals surface area (Å²) in [5, 5.41) is 7.78. The van der Waals surface area contributed by atoms with Gasteiger partial charge in [0.2, 0.25) is 11.8 Å². The van der Waals surface area contributed by atoms with Crippen molar-refractivity contribution in [2.24, 2.45) is 5.92 Å². The van der Waals surface area contributed by atoms with E-state index in [4.69, 9.17) is 0 Å². The number of benzene rings is 2. The minimum atomic E-state index is -0.951. The van der Waals surface area contributed by atoms with Crippen molar-refractivity contribution in [1.29, 1.82) is 0 Å². The first-order valence-corrected chi connectivity index (χ1v) is 12.2. The van der Waals surface area contributed by atoms with Gasteiger partial charge in [0.15, 0.2) is 5.13 Å². The smallest absolute Gasteiger partial charge is 0.262 e. The van der Waals surface area contributed by atoms with E-state index in [0.29, 0.717) is 34.9 Å². The van der Waals surface area contributed by atoms with Gasteiger partial charge in [0.1, 0.15) is 6.04 Å². The van der Waals surface area contributed by atoms with Crippen LogP contribution in [0.2, 0.25) is 0 Å². The van der Waals surface area contributed by atoms with Gasteiger partial charge in [0.25, 0.3) is 11.8 Å². The number of thiazole rings is 1. The Morgan fingerprint density at radius 1 is 1.03 bits per heavy atom. The molecule has 0 bridgehead atoms. The molecule has 2 atom stereocenters. The molecule has 2 aromatic carbocycles. The van der Waals surface area contributed by atoms with Crippen LogP contribution in [-0.2, 0) is 16.1 Å². The van der Waals surface area contributed by atoms with Crippen molar-refractivity contribution in [3.8, 4) is 11.3 Å². The summed E-state index contributed by atoms with van der Waals surface area (Å²) in [4.78, 5) is 56.1. The number of amides is 4. The van der Waals surface area contributed by atoms with Gasteiger partial charge in [-0.3, -0.25) is 24.1 Å². The SMILES string of the molecule is CCC(C)C(C(=O)Nc1nc(-c2ccc(CNC(C)=O)cc2)cs1)N1C(=O)c2ccccc2C1=O. The second-order valence-electron chi connectivity index (χ2n) is 8.49. The number of hydrogen-bond donors (Lipinski definition) is 2. The van der Waals surface area contributed by atoms with Crippen molar-refractivity contribution in [2.75, 3.05) is 5.32 Å². The minimum Gasteiger partial charge on any atom is -0.352 e. The Balaban J connectivity index is 1.51. The average molecular weight is 491 g/mol. The quantitative estimate of drug-likeness (QED) is 0.462. The third-order valence-corrected chi connectivity index (χ3v) is 6.84. The molecule has 2 unspecified atom stereocenters. The lowest BCUT2D eigenvalue weighted by Crippen LogP contribution is -2.50. The standard InChI is InChI=1S/C26H26N4O4S/c1-4-15(2)22(30-24(33)19-7-5-6-8-20(19)25(30)34)23(32)29-26-28-21(14-35-26)18-11-9-17(10-12-18)13-27-16(3)31/h5-12,14-15,22H,4,13H2,1-3H3,(H,27,31)(H,28,29,32). The highest BCUT2D eigenvalue weighted by Gasteiger charge is 2.44. The predicted octanol–water partition coefficient (Wildman–Crippen LogP) is 4.10. The van der Waals surface area contributed by atoms with Crippen molar-refractivity contribution in [2.45, 2.75) is 39.8 Å². The molecule has 0 saturated carbocycles. The van der Waals surface area contributed by atoms with E-state index in [2.05, 4.69) is 15.6 Å². The Morgan fingerprint density at radius 3 is 2.23 bits per heavy atom. The first kappa shape index (κ1) is 24.3. The van der Waals surface area contributed by atoms with E-state index in [-0.39, 0.29) is 11.8 Å². The van der Waals surface area contributed by atoms with E-state index < -0.39 is 23.8 Å². The summed E-state index contributed by atoms with van der Waals surface area (Å²) in [7, 11) is 0. The molecular weight excluding hydrogens is 464 g/mol. The second-order valence-corrected chi connectivity index (χ2v) is 9.35. The topological polar surface area (TPSA) is 108 Å². The molecule has 8 nitrogen and oxygen atoms in total. The molecule has 0 fully saturated rings. The van der Waals surface area contributed by atoms with E-state index in [9.17, 15) is 19.2 Å². The van der Waals surface area contributed by atoms with Crippen LogP contribution in [0.1, 0.15) is 53.5 Å². The highest BCUT2D eigenvalue weighted by Crippen LogP contribution is 2.30. The molecule has 9 heteroatoms. The zero-order valence-corrected chi connectivity index (χ0v) is 20.5. The summed E-state index contributed by atoms with van der Waals surface area (Å²) in [5.41, 5.74) is 3.16. The van der Waals surface area contributed by atoms with Gasteiger partial charge in [-0.2, -0.15) is 0 Å². The number of fused-ring (bicyclic) bond motifs is 1. The van der Waals surface area contributed by atoms with Crippen molar-refractivity contribution in [3.63, 3.8) is 0 Å². The molecule has 2 N–H and O–H groups in total. The van der Waals surface area contributed by atoms with Gasteiger partial charge >= 0.3 is 0 Å². The highest BCUT2D eigenvalue weighted by atomic mass is 32.1. The molecule has 3 aromatic rings. The van der Waals surface area contributed by atoms with Gasteiger partial charge in [-0.25, -0.2) is 4.98 Å². The fourth-order valence-electron chi connectivity index (χ4n) is 3.98. The second kappa shape index (κ2) is 10.2. The number of aromatic nitrogens is 1. The van der Waals surface area contributed by atoms with Gasteiger partial charge < -0.3 is 10.6 Å². The van der Waals surface area contributed by atoms with Gasteiger partial charge in [-0.15, -0.1) is 11.3 Å². The number of imide groups is 1. The number of nitrogens with zero attached hydrogens (tertiary/aromatic N) is 2. The van der Waals surface area contributed by atoms with Crippen molar-refractivity contribution < 1.29 is 19.2 Å². The van der Waals surface area contributed by atoms with Crippen LogP contribution >= 0.6 is 11.3 Å². The molecule has 35 heavy (non-hydrogen) atoms. The Hall–Kier alpha value is -3.85. The van der Waals surface area contributed by atoms with Gasteiger partial charge in [-0.1, -0.05) is 56.7 Å². The molecule has 4 rings (SSSR count). The third-order valence-electron chi connectivity index (χ3n) is 6.08. The summed E-state index contributed by atoms with van der Waals surface area (Å²) in [6.07, 6.45) is 0.611. The van der Waals surface area contributed by atoms with Crippen LogP contribution in [0.3, 0.4) is 0 Å². The lowest BCUT2D eigenvalue weighted by atomic mass is 9.96. The van der Waals surface area contributed by atoms with Crippen LogP contribution in [0.5, 0.6) is 0 Å². The Morgan fingerprint density at radius 2 is 1.66 bits per heavy atom. The number of anilines is 1. The zero-order chi connectivity index (χ0) is 25.1.